The van der Waals surface area contributed by atoms with E-state index >= 15 is 0 Å². The highest BCUT2D eigenvalue weighted by molar-refractivity contribution is 5.86. The van der Waals surface area contributed by atoms with Gasteiger partial charge in [0.1, 0.15) is 0 Å². The van der Waals surface area contributed by atoms with Crippen LogP contribution in [0.25, 0.3) is 0 Å². The van der Waals surface area contributed by atoms with E-state index in [9.17, 15) is 4.79 Å². The molecule has 0 saturated carbocycles. The van der Waals surface area contributed by atoms with Crippen molar-refractivity contribution >= 4 is 5.78 Å². The van der Waals surface area contributed by atoms with Gasteiger partial charge < -0.3 is 10.5 Å². The lowest BCUT2D eigenvalue weighted by Crippen LogP contribution is -2.38. The number of carbonyl (C=O) groups is 1. The van der Waals surface area contributed by atoms with Crippen LogP contribution in [0.2, 0.25) is 0 Å². The second-order valence-corrected chi connectivity index (χ2v) is 3.33. The van der Waals surface area contributed by atoms with Gasteiger partial charge in [-0.25, -0.2) is 0 Å². The number of terminal acetylenes is 1. The van der Waals surface area contributed by atoms with Crippen LogP contribution in [0.15, 0.2) is 0 Å². The van der Waals surface area contributed by atoms with Crippen LogP contribution < -0.4 is 5.73 Å². The first kappa shape index (κ1) is 10.2. The molecule has 3 heteroatoms. The zero-order chi connectivity index (χ0) is 9.68. The number of ether oxygens (including phenoxy) is 1. The number of Topliss-reactive ketones (excluding diaryl/α,β-unsaturated/α-hetero) is 1. The van der Waals surface area contributed by atoms with E-state index in [1.807, 2.05) is 0 Å². The third kappa shape index (κ3) is 2.83. The molecule has 0 radical (unpaired) electrons. The molecule has 0 aromatic carbocycles. The summed E-state index contributed by atoms with van der Waals surface area (Å²) >= 11 is 0. The first-order chi connectivity index (χ1) is 6.25. The summed E-state index contributed by atoms with van der Waals surface area (Å²) in [4.78, 5) is 11.6. The Labute approximate surface area is 78.6 Å². The van der Waals surface area contributed by atoms with E-state index in [0.29, 0.717) is 13.0 Å². The maximum atomic E-state index is 11.6. The van der Waals surface area contributed by atoms with Crippen LogP contribution >= 0.6 is 0 Å². The molecule has 1 aliphatic heterocycles. The summed E-state index contributed by atoms with van der Waals surface area (Å²) in [5.74, 6) is 2.42. The molecule has 0 aromatic heterocycles. The molecule has 0 bridgehead atoms. The minimum atomic E-state index is -0.503. The summed E-state index contributed by atoms with van der Waals surface area (Å²) in [5, 5.41) is 0. The molecule has 72 valence electrons. The Morgan fingerprint density at radius 1 is 1.77 bits per heavy atom. The van der Waals surface area contributed by atoms with Crippen LogP contribution in [0.3, 0.4) is 0 Å². The Kier molecular flexibility index (Phi) is 3.94. The van der Waals surface area contributed by atoms with E-state index in [4.69, 9.17) is 16.9 Å². The summed E-state index contributed by atoms with van der Waals surface area (Å²) in [6.45, 7) is 1.27. The normalized spacial score (nSPS) is 24.8. The number of rotatable bonds is 3. The first-order valence-electron chi connectivity index (χ1n) is 4.56. The van der Waals surface area contributed by atoms with Gasteiger partial charge in [0.25, 0.3) is 0 Å². The van der Waals surface area contributed by atoms with Crippen molar-refractivity contribution in [1.29, 1.82) is 0 Å². The Morgan fingerprint density at radius 2 is 2.54 bits per heavy atom. The van der Waals surface area contributed by atoms with E-state index in [2.05, 4.69) is 5.92 Å². The van der Waals surface area contributed by atoms with Crippen molar-refractivity contribution < 1.29 is 9.53 Å². The van der Waals surface area contributed by atoms with Crippen LogP contribution in [0, 0.1) is 18.3 Å². The molecular weight excluding hydrogens is 166 g/mol. The summed E-state index contributed by atoms with van der Waals surface area (Å²) in [6, 6.07) is -0.503. The van der Waals surface area contributed by atoms with E-state index in [1.54, 1.807) is 0 Å². The Balaban J connectivity index is 2.41. The second kappa shape index (κ2) is 5.00. The fraction of sp³-hybridized carbons (Fsp3) is 0.700. The number of carbonyl (C=O) groups excluding carboxylic acids is 1. The van der Waals surface area contributed by atoms with Crippen LogP contribution in [0.5, 0.6) is 0 Å². The summed E-state index contributed by atoms with van der Waals surface area (Å²) < 4.78 is 5.20. The number of hydrogen-bond acceptors (Lipinski definition) is 3. The zero-order valence-corrected chi connectivity index (χ0v) is 7.66. The van der Waals surface area contributed by atoms with E-state index < -0.39 is 6.04 Å². The predicted octanol–water partition coefficient (Wildman–Crippen LogP) is 0.333. The Morgan fingerprint density at radius 3 is 3.08 bits per heavy atom. The number of hydrogen-bond donors (Lipinski definition) is 1. The third-order valence-electron chi connectivity index (χ3n) is 2.27. The molecule has 2 atom stereocenters. The summed E-state index contributed by atoms with van der Waals surface area (Å²) in [5.41, 5.74) is 5.61. The van der Waals surface area contributed by atoms with Gasteiger partial charge in [0.05, 0.1) is 12.6 Å². The molecule has 1 saturated heterocycles. The van der Waals surface area contributed by atoms with E-state index in [-0.39, 0.29) is 11.7 Å². The Bertz CT molecular complexity index is 213. The van der Waals surface area contributed by atoms with Crippen LogP contribution in [-0.4, -0.2) is 25.0 Å². The van der Waals surface area contributed by atoms with Crippen molar-refractivity contribution in [1.82, 2.24) is 0 Å². The van der Waals surface area contributed by atoms with Gasteiger partial charge in [0, 0.05) is 18.9 Å². The first-order valence-corrected chi connectivity index (χ1v) is 4.56. The Hall–Kier alpha value is -0.850. The van der Waals surface area contributed by atoms with Gasteiger partial charge in [-0.05, 0) is 12.8 Å². The molecule has 3 nitrogen and oxygen atoms in total. The maximum absolute atomic E-state index is 11.6. The van der Waals surface area contributed by atoms with Gasteiger partial charge >= 0.3 is 0 Å². The molecular formula is C10H15NO2. The summed E-state index contributed by atoms with van der Waals surface area (Å²) in [7, 11) is 0. The lowest BCUT2D eigenvalue weighted by Gasteiger charge is -2.22. The fourth-order valence-electron chi connectivity index (χ4n) is 1.50. The monoisotopic (exact) mass is 181 g/mol. The molecule has 0 spiro atoms. The minimum absolute atomic E-state index is 0.0305. The standard InChI is InChI=1S/C10H15NO2/c1-2-4-9(11)10(12)8-5-3-6-13-7-8/h1,8-9H,3-7,11H2. The largest absolute Gasteiger partial charge is 0.381 e. The van der Waals surface area contributed by atoms with Gasteiger partial charge in [-0.3, -0.25) is 4.79 Å². The third-order valence-corrected chi connectivity index (χ3v) is 2.27. The molecule has 1 aliphatic rings. The van der Waals surface area contributed by atoms with Crippen molar-refractivity contribution in [3.63, 3.8) is 0 Å². The molecule has 0 amide bonds. The molecule has 1 rings (SSSR count). The average Bonchev–Trinajstić information content (AvgIpc) is 2.18. The van der Waals surface area contributed by atoms with Gasteiger partial charge in [0.15, 0.2) is 5.78 Å². The summed E-state index contributed by atoms with van der Waals surface area (Å²) in [6.07, 6.45) is 7.24. The van der Waals surface area contributed by atoms with E-state index in [1.165, 1.54) is 0 Å². The molecule has 0 aromatic rings. The molecule has 0 aliphatic carbocycles. The average molecular weight is 181 g/mol. The van der Waals surface area contributed by atoms with Crippen molar-refractivity contribution in [3.8, 4) is 12.3 Å². The fourth-order valence-corrected chi connectivity index (χ4v) is 1.50. The SMILES string of the molecule is C#CCC(N)C(=O)C1CCCOC1. The van der Waals surface area contributed by atoms with Gasteiger partial charge in [-0.15, -0.1) is 12.3 Å². The maximum Gasteiger partial charge on any atom is 0.155 e. The quantitative estimate of drug-likeness (QED) is 0.638. The molecule has 2 N–H and O–H groups in total. The second-order valence-electron chi connectivity index (χ2n) is 3.33. The molecule has 2 unspecified atom stereocenters. The topological polar surface area (TPSA) is 52.3 Å². The minimum Gasteiger partial charge on any atom is -0.381 e. The number of nitrogens with two attached hydrogens (primary N) is 1. The molecule has 13 heavy (non-hydrogen) atoms. The van der Waals surface area contributed by atoms with Crippen LogP contribution in [0.1, 0.15) is 19.3 Å². The van der Waals surface area contributed by atoms with Gasteiger partial charge in [-0.1, -0.05) is 0 Å². The smallest absolute Gasteiger partial charge is 0.155 e. The highest BCUT2D eigenvalue weighted by atomic mass is 16.5. The predicted molar refractivity (Wildman–Crippen MR) is 50.0 cm³/mol. The number of ketones is 1. The zero-order valence-electron chi connectivity index (χ0n) is 7.66. The van der Waals surface area contributed by atoms with E-state index in [0.717, 1.165) is 19.4 Å². The lowest BCUT2D eigenvalue weighted by molar-refractivity contribution is -0.127. The van der Waals surface area contributed by atoms with Gasteiger partial charge in [0.2, 0.25) is 0 Å². The van der Waals surface area contributed by atoms with Crippen molar-refractivity contribution in [3.05, 3.63) is 0 Å². The highest BCUT2D eigenvalue weighted by Crippen LogP contribution is 2.16. The van der Waals surface area contributed by atoms with Crippen LogP contribution in [-0.2, 0) is 9.53 Å². The lowest BCUT2D eigenvalue weighted by atomic mass is 9.92. The van der Waals surface area contributed by atoms with Crippen molar-refractivity contribution in [2.45, 2.75) is 25.3 Å². The highest BCUT2D eigenvalue weighted by Gasteiger charge is 2.25. The van der Waals surface area contributed by atoms with Crippen molar-refractivity contribution in [2.24, 2.45) is 11.7 Å². The van der Waals surface area contributed by atoms with Crippen LogP contribution in [0.4, 0.5) is 0 Å². The van der Waals surface area contributed by atoms with Gasteiger partial charge in [-0.2, -0.15) is 0 Å². The molecule has 1 heterocycles. The molecule has 1 fully saturated rings. The van der Waals surface area contributed by atoms with Crippen molar-refractivity contribution in [2.75, 3.05) is 13.2 Å².